The molecule has 1 aliphatic heterocycles. The van der Waals surface area contributed by atoms with Crippen LogP contribution in [0.1, 0.15) is 17.2 Å². The molecule has 1 N–H and O–H groups in total. The first kappa shape index (κ1) is 17.8. The number of halogens is 2. The molecule has 0 amide bonds. The number of methoxy groups -OCH3 is 1. The van der Waals surface area contributed by atoms with Crippen molar-refractivity contribution in [2.75, 3.05) is 26.9 Å². The van der Waals surface area contributed by atoms with Gasteiger partial charge >= 0.3 is 0 Å². The second-order valence-corrected chi connectivity index (χ2v) is 5.96. The van der Waals surface area contributed by atoms with Crippen molar-refractivity contribution in [3.8, 4) is 5.75 Å². The van der Waals surface area contributed by atoms with Crippen molar-refractivity contribution >= 4 is 0 Å². The fraction of sp³-hybridized carbons (Fsp3) is 0.368. The van der Waals surface area contributed by atoms with Crippen LogP contribution < -0.4 is 4.74 Å². The fourth-order valence-corrected chi connectivity index (χ4v) is 3.31. The average Bonchev–Trinajstić information content (AvgIpc) is 2.66. The van der Waals surface area contributed by atoms with Crippen molar-refractivity contribution < 1.29 is 23.4 Å². The Labute approximate surface area is 145 Å². The second-order valence-electron chi connectivity index (χ2n) is 5.96. The van der Waals surface area contributed by atoms with Gasteiger partial charge < -0.3 is 14.6 Å². The maximum atomic E-state index is 14.4. The van der Waals surface area contributed by atoms with Crippen LogP contribution >= 0.6 is 0 Å². The smallest absolute Gasteiger partial charge is 0.167 e. The molecule has 1 aliphatic rings. The quantitative estimate of drug-likeness (QED) is 0.901. The van der Waals surface area contributed by atoms with Gasteiger partial charge in [-0.3, -0.25) is 4.90 Å². The van der Waals surface area contributed by atoms with Crippen LogP contribution in [0.3, 0.4) is 0 Å². The number of aliphatic hydroxyl groups is 1. The standard InChI is InChI=1S/C19H21F2NO3/c1-24-16-8-7-15(20)18(21)14(16)11-22-9-10-25-17(12-23)19(22)13-5-3-2-4-6-13/h2-8,17,19,23H,9-12H2,1H3/t17-,19-/m1/s1. The third kappa shape index (κ3) is 3.66. The molecule has 3 rings (SSSR count). The van der Waals surface area contributed by atoms with E-state index < -0.39 is 17.7 Å². The Hall–Kier alpha value is -2.02. The van der Waals surface area contributed by atoms with Crippen LogP contribution in [0.4, 0.5) is 8.78 Å². The summed E-state index contributed by atoms with van der Waals surface area (Å²) < 4.78 is 38.9. The van der Waals surface area contributed by atoms with E-state index in [4.69, 9.17) is 9.47 Å². The summed E-state index contributed by atoms with van der Waals surface area (Å²) >= 11 is 0. The van der Waals surface area contributed by atoms with Crippen LogP contribution in [0, 0.1) is 11.6 Å². The molecule has 25 heavy (non-hydrogen) atoms. The predicted molar refractivity (Wildman–Crippen MR) is 89.3 cm³/mol. The van der Waals surface area contributed by atoms with E-state index in [2.05, 4.69) is 0 Å². The maximum absolute atomic E-state index is 14.4. The number of benzene rings is 2. The lowest BCUT2D eigenvalue weighted by Gasteiger charge is -2.41. The molecule has 134 valence electrons. The lowest BCUT2D eigenvalue weighted by Crippen LogP contribution is -2.46. The van der Waals surface area contributed by atoms with E-state index in [0.29, 0.717) is 18.9 Å². The molecular formula is C19H21F2NO3. The molecule has 6 heteroatoms. The Morgan fingerprint density at radius 3 is 2.64 bits per heavy atom. The van der Waals surface area contributed by atoms with Crippen LogP contribution in [0.5, 0.6) is 5.75 Å². The summed E-state index contributed by atoms with van der Waals surface area (Å²) in [5, 5.41) is 9.70. The minimum atomic E-state index is -0.904. The van der Waals surface area contributed by atoms with Gasteiger partial charge in [0.05, 0.1) is 26.4 Å². The molecule has 0 spiro atoms. The Morgan fingerprint density at radius 1 is 1.20 bits per heavy atom. The molecule has 0 aromatic heterocycles. The lowest BCUT2D eigenvalue weighted by molar-refractivity contribution is -0.0964. The first-order valence-corrected chi connectivity index (χ1v) is 8.18. The van der Waals surface area contributed by atoms with E-state index in [-0.39, 0.29) is 24.8 Å². The molecule has 2 aromatic carbocycles. The number of hydrogen-bond donors (Lipinski definition) is 1. The second kappa shape index (κ2) is 7.91. The van der Waals surface area contributed by atoms with E-state index in [0.717, 1.165) is 11.6 Å². The topological polar surface area (TPSA) is 41.9 Å². The lowest BCUT2D eigenvalue weighted by atomic mass is 9.97. The number of rotatable bonds is 5. The van der Waals surface area contributed by atoms with Crippen LogP contribution in [-0.4, -0.2) is 43.0 Å². The molecule has 0 unspecified atom stereocenters. The minimum absolute atomic E-state index is 0.154. The van der Waals surface area contributed by atoms with Gasteiger partial charge in [0.2, 0.25) is 0 Å². The minimum Gasteiger partial charge on any atom is -0.496 e. The SMILES string of the molecule is COc1ccc(F)c(F)c1CN1CCO[C@H](CO)[C@H]1c1ccccc1. The Kier molecular flexibility index (Phi) is 5.63. The van der Waals surface area contributed by atoms with Crippen molar-refractivity contribution in [2.24, 2.45) is 0 Å². The van der Waals surface area contributed by atoms with E-state index >= 15 is 0 Å². The van der Waals surface area contributed by atoms with Gasteiger partial charge in [0, 0.05) is 18.7 Å². The first-order valence-electron chi connectivity index (χ1n) is 8.18. The highest BCUT2D eigenvalue weighted by atomic mass is 19.2. The van der Waals surface area contributed by atoms with Gasteiger partial charge in [-0.1, -0.05) is 30.3 Å². The maximum Gasteiger partial charge on any atom is 0.167 e. The molecule has 0 radical (unpaired) electrons. The summed E-state index contributed by atoms with van der Waals surface area (Å²) in [6.45, 7) is 0.952. The summed E-state index contributed by atoms with van der Waals surface area (Å²) in [5.41, 5.74) is 1.12. The van der Waals surface area contributed by atoms with Crippen molar-refractivity contribution in [1.29, 1.82) is 0 Å². The normalized spacial score (nSPS) is 21.3. The third-order valence-electron chi connectivity index (χ3n) is 4.51. The van der Waals surface area contributed by atoms with E-state index in [9.17, 15) is 13.9 Å². The van der Waals surface area contributed by atoms with Crippen molar-refractivity contribution in [2.45, 2.75) is 18.7 Å². The van der Waals surface area contributed by atoms with Gasteiger partial charge in [-0.15, -0.1) is 0 Å². The van der Waals surface area contributed by atoms with Gasteiger partial charge in [-0.05, 0) is 17.7 Å². The van der Waals surface area contributed by atoms with Crippen molar-refractivity contribution in [1.82, 2.24) is 4.90 Å². The van der Waals surface area contributed by atoms with Gasteiger partial charge in [-0.25, -0.2) is 8.78 Å². The number of aliphatic hydroxyl groups excluding tert-OH is 1. The molecule has 1 heterocycles. The number of hydrogen-bond acceptors (Lipinski definition) is 4. The zero-order valence-electron chi connectivity index (χ0n) is 14.0. The summed E-state index contributed by atoms with van der Waals surface area (Å²) in [7, 11) is 1.43. The highest BCUT2D eigenvalue weighted by molar-refractivity contribution is 5.36. The summed E-state index contributed by atoms with van der Waals surface area (Å²) in [5.74, 6) is -1.50. The summed E-state index contributed by atoms with van der Waals surface area (Å²) in [6, 6.07) is 11.8. The highest BCUT2D eigenvalue weighted by Crippen LogP contribution is 2.33. The zero-order valence-corrected chi connectivity index (χ0v) is 14.0. The van der Waals surface area contributed by atoms with Crippen molar-refractivity contribution in [3.63, 3.8) is 0 Å². The van der Waals surface area contributed by atoms with E-state index in [1.165, 1.54) is 13.2 Å². The molecule has 0 bridgehead atoms. The largest absolute Gasteiger partial charge is 0.496 e. The number of ether oxygens (including phenoxy) is 2. The average molecular weight is 349 g/mol. The summed E-state index contributed by atoms with van der Waals surface area (Å²) in [4.78, 5) is 1.99. The van der Waals surface area contributed by atoms with Gasteiger partial charge in [0.25, 0.3) is 0 Å². The highest BCUT2D eigenvalue weighted by Gasteiger charge is 2.34. The molecule has 0 saturated carbocycles. The fourth-order valence-electron chi connectivity index (χ4n) is 3.31. The molecule has 0 aliphatic carbocycles. The third-order valence-corrected chi connectivity index (χ3v) is 4.51. The molecule has 1 saturated heterocycles. The molecule has 2 aromatic rings. The monoisotopic (exact) mass is 349 g/mol. The Morgan fingerprint density at radius 2 is 1.96 bits per heavy atom. The number of nitrogens with zero attached hydrogens (tertiary/aromatic N) is 1. The molecule has 1 fully saturated rings. The van der Waals surface area contributed by atoms with Gasteiger partial charge in [0.15, 0.2) is 11.6 Å². The Balaban J connectivity index is 1.96. The zero-order chi connectivity index (χ0) is 17.8. The van der Waals surface area contributed by atoms with Crippen LogP contribution in [0.25, 0.3) is 0 Å². The number of morpholine rings is 1. The van der Waals surface area contributed by atoms with Crippen LogP contribution in [0.15, 0.2) is 42.5 Å². The Bertz CT molecular complexity index is 711. The van der Waals surface area contributed by atoms with Crippen LogP contribution in [-0.2, 0) is 11.3 Å². The molecule has 2 atom stereocenters. The van der Waals surface area contributed by atoms with Crippen molar-refractivity contribution in [3.05, 3.63) is 65.2 Å². The first-order chi connectivity index (χ1) is 12.2. The van der Waals surface area contributed by atoms with Gasteiger partial charge in [0.1, 0.15) is 11.9 Å². The summed E-state index contributed by atoms with van der Waals surface area (Å²) in [6.07, 6.45) is -0.432. The molecule has 4 nitrogen and oxygen atoms in total. The van der Waals surface area contributed by atoms with E-state index in [1.807, 2.05) is 35.2 Å². The van der Waals surface area contributed by atoms with Gasteiger partial charge in [-0.2, -0.15) is 0 Å². The predicted octanol–water partition coefficient (Wildman–Crippen LogP) is 2.91. The van der Waals surface area contributed by atoms with Crippen LogP contribution in [0.2, 0.25) is 0 Å². The van der Waals surface area contributed by atoms with E-state index in [1.54, 1.807) is 0 Å². The molecular weight excluding hydrogens is 328 g/mol.